The molecule has 3 heteroatoms. The maximum absolute atomic E-state index is 11.9. The Labute approximate surface area is 138 Å². The number of hydrogen-bond donors (Lipinski definition) is 1. The summed E-state index contributed by atoms with van der Waals surface area (Å²) >= 11 is 0. The number of fused-ring (bicyclic) bond motifs is 5. The van der Waals surface area contributed by atoms with Crippen LogP contribution >= 0.6 is 0 Å². The van der Waals surface area contributed by atoms with E-state index >= 15 is 0 Å². The Hall–Kier alpha value is -1.51. The number of carbonyl (C=O) groups is 1. The first-order valence-electron chi connectivity index (χ1n) is 8.95. The van der Waals surface area contributed by atoms with E-state index in [4.69, 9.17) is 4.74 Å². The number of aromatic hydroxyl groups is 1. The van der Waals surface area contributed by atoms with Gasteiger partial charge < -0.3 is 9.84 Å². The topological polar surface area (TPSA) is 46.5 Å². The van der Waals surface area contributed by atoms with Gasteiger partial charge in [-0.2, -0.15) is 0 Å². The first-order chi connectivity index (χ1) is 10.9. The monoisotopic (exact) mass is 314 g/mol. The molecule has 23 heavy (non-hydrogen) atoms. The third-order valence-electron chi connectivity index (χ3n) is 6.80. The number of cyclic esters (lactones) is 1. The molecule has 2 aliphatic carbocycles. The lowest BCUT2D eigenvalue weighted by Crippen LogP contribution is -2.47. The molecule has 4 rings (SSSR count). The zero-order valence-electron chi connectivity index (χ0n) is 14.3. The Kier molecular flexibility index (Phi) is 3.26. The smallest absolute Gasteiger partial charge is 0.309 e. The highest BCUT2D eigenvalue weighted by Gasteiger charge is 2.54. The summed E-state index contributed by atoms with van der Waals surface area (Å²) in [6, 6.07) is 4.35. The van der Waals surface area contributed by atoms with Crippen LogP contribution in [0.15, 0.2) is 12.1 Å². The Bertz CT molecular complexity index is 663. The summed E-state index contributed by atoms with van der Waals surface area (Å²) in [5, 5.41) is 10.8. The average Bonchev–Trinajstić information content (AvgIpc) is 2.88. The third kappa shape index (κ3) is 1.98. The van der Waals surface area contributed by atoms with Crippen molar-refractivity contribution >= 4 is 5.97 Å². The van der Waals surface area contributed by atoms with Crippen molar-refractivity contribution in [3.05, 3.63) is 28.8 Å². The van der Waals surface area contributed by atoms with Crippen molar-refractivity contribution in [3.8, 4) is 5.75 Å². The highest BCUT2D eigenvalue weighted by Crippen LogP contribution is 2.57. The molecule has 1 aliphatic heterocycles. The van der Waals surface area contributed by atoms with Crippen LogP contribution in [0.25, 0.3) is 0 Å². The van der Waals surface area contributed by atoms with Crippen molar-refractivity contribution in [2.45, 2.75) is 57.8 Å². The van der Waals surface area contributed by atoms with Crippen molar-refractivity contribution in [2.75, 3.05) is 6.61 Å². The molecular formula is C20H26O3. The molecular weight excluding hydrogens is 288 g/mol. The Morgan fingerprint density at radius 2 is 2.09 bits per heavy atom. The van der Waals surface area contributed by atoms with E-state index in [0.29, 0.717) is 30.1 Å². The van der Waals surface area contributed by atoms with Gasteiger partial charge in [0.1, 0.15) is 5.75 Å². The molecule has 0 radical (unpaired) electrons. The second-order valence-corrected chi connectivity index (χ2v) is 8.19. The normalized spacial score (nSPS) is 35.5. The van der Waals surface area contributed by atoms with Crippen LogP contribution in [0, 0.1) is 17.8 Å². The summed E-state index contributed by atoms with van der Waals surface area (Å²) in [6.45, 7) is 7.18. The van der Waals surface area contributed by atoms with E-state index in [-0.39, 0.29) is 17.3 Å². The lowest BCUT2D eigenvalue weighted by molar-refractivity contribution is -0.141. The van der Waals surface area contributed by atoms with Gasteiger partial charge in [0.2, 0.25) is 0 Å². The van der Waals surface area contributed by atoms with Crippen LogP contribution in [0.3, 0.4) is 0 Å². The van der Waals surface area contributed by atoms with Crippen LogP contribution in [0.4, 0.5) is 0 Å². The van der Waals surface area contributed by atoms with Crippen molar-refractivity contribution in [1.82, 2.24) is 0 Å². The SMILES string of the molecule is CC(C)c1ccc2c(c1O)CCC1C3COC(=O)C3CCC21C. The second-order valence-electron chi connectivity index (χ2n) is 8.19. The largest absolute Gasteiger partial charge is 0.507 e. The molecule has 1 saturated carbocycles. The number of rotatable bonds is 1. The van der Waals surface area contributed by atoms with E-state index in [0.717, 1.165) is 36.8 Å². The fourth-order valence-electron chi connectivity index (χ4n) is 5.49. The first kappa shape index (κ1) is 15.0. The average molecular weight is 314 g/mol. The minimum absolute atomic E-state index is 0.0147. The lowest BCUT2D eigenvalue weighted by atomic mass is 9.53. The Morgan fingerprint density at radius 1 is 1.30 bits per heavy atom. The van der Waals surface area contributed by atoms with Crippen LogP contribution in [0.1, 0.15) is 62.6 Å². The van der Waals surface area contributed by atoms with Gasteiger partial charge in [0, 0.05) is 5.92 Å². The summed E-state index contributed by atoms with van der Waals surface area (Å²) in [5.41, 5.74) is 3.58. The van der Waals surface area contributed by atoms with Gasteiger partial charge in [-0.25, -0.2) is 0 Å². The van der Waals surface area contributed by atoms with Crippen LogP contribution < -0.4 is 0 Å². The number of carbonyl (C=O) groups excluding carboxylic acids is 1. The number of hydrogen-bond acceptors (Lipinski definition) is 3. The molecule has 1 saturated heterocycles. The fraction of sp³-hybridized carbons (Fsp3) is 0.650. The highest BCUT2D eigenvalue weighted by atomic mass is 16.5. The predicted octanol–water partition coefficient (Wildman–Crippen LogP) is 3.92. The summed E-state index contributed by atoms with van der Waals surface area (Å²) in [6.07, 6.45) is 3.90. The number of phenolic OH excluding ortho intramolecular Hbond substituents is 1. The predicted molar refractivity (Wildman–Crippen MR) is 88.5 cm³/mol. The van der Waals surface area contributed by atoms with Gasteiger partial charge in [-0.05, 0) is 59.6 Å². The van der Waals surface area contributed by atoms with Crippen molar-refractivity contribution in [1.29, 1.82) is 0 Å². The quantitative estimate of drug-likeness (QED) is 0.799. The highest BCUT2D eigenvalue weighted by molar-refractivity contribution is 5.75. The summed E-state index contributed by atoms with van der Waals surface area (Å²) in [7, 11) is 0. The molecule has 0 bridgehead atoms. The molecule has 3 aliphatic rings. The molecule has 3 nitrogen and oxygen atoms in total. The Morgan fingerprint density at radius 3 is 2.83 bits per heavy atom. The maximum Gasteiger partial charge on any atom is 0.309 e. The van der Waals surface area contributed by atoms with Crippen molar-refractivity contribution < 1.29 is 14.6 Å². The maximum atomic E-state index is 11.9. The van der Waals surface area contributed by atoms with E-state index < -0.39 is 0 Å². The van der Waals surface area contributed by atoms with Crippen LogP contribution in [0.5, 0.6) is 5.75 Å². The van der Waals surface area contributed by atoms with Gasteiger partial charge in [-0.1, -0.05) is 32.9 Å². The van der Waals surface area contributed by atoms with Crippen LogP contribution in [-0.2, 0) is 21.4 Å². The number of phenols is 1. The standard InChI is InChI=1S/C20H26O3/c1-11(2)12-4-6-16-14(18(12)21)5-7-17-15-10-23-19(22)13(15)8-9-20(16,17)3/h4,6,11,13,15,17,21H,5,7-10H2,1-3H3. The molecule has 124 valence electrons. The molecule has 1 N–H and O–H groups in total. The Balaban J connectivity index is 1.78. The number of benzene rings is 1. The second kappa shape index (κ2) is 4.99. The third-order valence-corrected chi connectivity index (χ3v) is 6.80. The number of esters is 1. The number of ether oxygens (including phenoxy) is 1. The van der Waals surface area contributed by atoms with E-state index in [9.17, 15) is 9.90 Å². The van der Waals surface area contributed by atoms with Crippen LogP contribution in [0.2, 0.25) is 0 Å². The van der Waals surface area contributed by atoms with Gasteiger partial charge in [-0.15, -0.1) is 0 Å². The molecule has 2 fully saturated rings. The molecule has 0 aromatic heterocycles. The van der Waals surface area contributed by atoms with E-state index in [1.807, 2.05) is 0 Å². The zero-order valence-corrected chi connectivity index (χ0v) is 14.3. The molecule has 4 atom stereocenters. The molecule has 1 aromatic rings. The first-order valence-corrected chi connectivity index (χ1v) is 8.95. The van der Waals surface area contributed by atoms with Gasteiger partial charge in [-0.3, -0.25) is 4.79 Å². The lowest BCUT2D eigenvalue weighted by Gasteiger charge is -2.50. The summed E-state index contributed by atoms with van der Waals surface area (Å²) < 4.78 is 5.37. The molecule has 0 amide bonds. The van der Waals surface area contributed by atoms with Gasteiger partial charge in [0.05, 0.1) is 12.5 Å². The van der Waals surface area contributed by atoms with Gasteiger partial charge >= 0.3 is 5.97 Å². The van der Waals surface area contributed by atoms with Gasteiger partial charge in [0.25, 0.3) is 0 Å². The molecule has 0 spiro atoms. The van der Waals surface area contributed by atoms with Crippen LogP contribution in [-0.4, -0.2) is 17.7 Å². The van der Waals surface area contributed by atoms with E-state index in [1.165, 1.54) is 5.56 Å². The van der Waals surface area contributed by atoms with E-state index in [2.05, 4.69) is 32.9 Å². The molecule has 1 heterocycles. The fourth-order valence-corrected chi connectivity index (χ4v) is 5.49. The van der Waals surface area contributed by atoms with Gasteiger partial charge in [0.15, 0.2) is 0 Å². The zero-order chi connectivity index (χ0) is 16.4. The minimum Gasteiger partial charge on any atom is -0.507 e. The van der Waals surface area contributed by atoms with E-state index in [1.54, 1.807) is 0 Å². The molecule has 4 unspecified atom stereocenters. The summed E-state index contributed by atoms with van der Waals surface area (Å²) in [4.78, 5) is 11.9. The van der Waals surface area contributed by atoms with Crippen molar-refractivity contribution in [3.63, 3.8) is 0 Å². The minimum atomic E-state index is 0.0147. The summed E-state index contributed by atoms with van der Waals surface area (Å²) in [5.74, 6) is 1.82. The molecule has 1 aromatic carbocycles. The van der Waals surface area contributed by atoms with Crippen molar-refractivity contribution in [2.24, 2.45) is 17.8 Å².